The normalized spacial score (nSPS) is 21.4. The van der Waals surface area contributed by atoms with Crippen molar-refractivity contribution in [2.75, 3.05) is 13.7 Å². The van der Waals surface area contributed by atoms with E-state index in [1.54, 1.807) is 7.11 Å². The highest BCUT2D eigenvalue weighted by Gasteiger charge is 2.43. The molecule has 0 heterocycles. The Hall–Kier alpha value is -1.55. The number of methoxy groups -OCH3 is 1. The van der Waals surface area contributed by atoms with E-state index in [4.69, 9.17) is 10.5 Å². The van der Waals surface area contributed by atoms with Crippen molar-refractivity contribution in [3.63, 3.8) is 0 Å². The summed E-state index contributed by atoms with van der Waals surface area (Å²) in [6.45, 7) is 0.592. The van der Waals surface area contributed by atoms with Gasteiger partial charge < -0.3 is 15.8 Å². The first-order valence-electron chi connectivity index (χ1n) is 8.34. The van der Waals surface area contributed by atoms with Crippen LogP contribution < -0.4 is 15.8 Å². The fourth-order valence-corrected chi connectivity index (χ4v) is 3.62. The minimum atomic E-state index is -0.405. The number of nitrogens with one attached hydrogen (secondary N) is 1. The van der Waals surface area contributed by atoms with Crippen molar-refractivity contribution in [1.29, 1.82) is 0 Å². The second kappa shape index (κ2) is 6.29. The lowest BCUT2D eigenvalue weighted by molar-refractivity contribution is -0.126. The molecule has 0 saturated heterocycles. The van der Waals surface area contributed by atoms with Gasteiger partial charge in [0.1, 0.15) is 5.75 Å². The molecule has 22 heavy (non-hydrogen) atoms. The molecule has 1 aromatic rings. The standard InChI is InChI=1S/C18H26N2O2/c1-22-15-6-4-5-14(11-15)18(9-2-3-10-18)17(21)20-12-16(19)13-7-8-13/h4-6,11,13,16H,2-3,7-10,12,19H2,1H3,(H,20,21). The maximum atomic E-state index is 12.9. The van der Waals surface area contributed by atoms with E-state index in [-0.39, 0.29) is 11.9 Å². The highest BCUT2D eigenvalue weighted by molar-refractivity contribution is 5.88. The van der Waals surface area contributed by atoms with Gasteiger partial charge in [0.2, 0.25) is 5.91 Å². The zero-order chi connectivity index (χ0) is 15.6. The van der Waals surface area contributed by atoms with Crippen LogP contribution in [0.5, 0.6) is 5.75 Å². The number of rotatable bonds is 6. The van der Waals surface area contributed by atoms with Crippen molar-refractivity contribution in [3.8, 4) is 5.75 Å². The number of ether oxygens (including phenoxy) is 1. The van der Waals surface area contributed by atoms with Gasteiger partial charge in [0, 0.05) is 12.6 Å². The predicted octanol–water partition coefficient (Wildman–Crippen LogP) is 2.36. The second-order valence-corrected chi connectivity index (χ2v) is 6.73. The quantitative estimate of drug-likeness (QED) is 0.848. The Labute approximate surface area is 132 Å². The molecule has 1 atom stereocenters. The van der Waals surface area contributed by atoms with Crippen molar-refractivity contribution in [2.45, 2.75) is 50.0 Å². The molecule has 2 aliphatic carbocycles. The van der Waals surface area contributed by atoms with Gasteiger partial charge in [-0.3, -0.25) is 4.79 Å². The van der Waals surface area contributed by atoms with Crippen LogP contribution in [0.15, 0.2) is 24.3 Å². The molecule has 3 N–H and O–H groups in total. The Bertz CT molecular complexity index is 534. The van der Waals surface area contributed by atoms with E-state index < -0.39 is 5.41 Å². The van der Waals surface area contributed by atoms with Crippen molar-refractivity contribution in [1.82, 2.24) is 5.32 Å². The van der Waals surface area contributed by atoms with Crippen molar-refractivity contribution >= 4 is 5.91 Å². The predicted molar refractivity (Wildman–Crippen MR) is 86.8 cm³/mol. The summed E-state index contributed by atoms with van der Waals surface area (Å²) in [5, 5.41) is 3.12. The van der Waals surface area contributed by atoms with E-state index in [0.29, 0.717) is 12.5 Å². The van der Waals surface area contributed by atoms with Crippen molar-refractivity contribution in [3.05, 3.63) is 29.8 Å². The van der Waals surface area contributed by atoms with Gasteiger partial charge in [-0.25, -0.2) is 0 Å². The Kier molecular flexibility index (Phi) is 4.39. The van der Waals surface area contributed by atoms with Crippen LogP contribution in [-0.4, -0.2) is 25.6 Å². The molecular formula is C18H26N2O2. The Morgan fingerprint density at radius 1 is 1.41 bits per heavy atom. The molecule has 4 heteroatoms. The first kappa shape index (κ1) is 15.3. The van der Waals surface area contributed by atoms with Crippen LogP contribution in [-0.2, 0) is 10.2 Å². The van der Waals surface area contributed by atoms with Crippen molar-refractivity contribution in [2.24, 2.45) is 11.7 Å². The molecule has 1 unspecified atom stereocenters. The third-order valence-corrected chi connectivity index (χ3v) is 5.24. The maximum Gasteiger partial charge on any atom is 0.230 e. The molecule has 0 spiro atoms. The van der Waals surface area contributed by atoms with Crippen LogP contribution in [0.3, 0.4) is 0 Å². The summed E-state index contributed by atoms with van der Waals surface area (Å²) in [7, 11) is 1.66. The molecule has 120 valence electrons. The number of benzene rings is 1. The van der Waals surface area contributed by atoms with E-state index in [9.17, 15) is 4.79 Å². The molecule has 4 nitrogen and oxygen atoms in total. The molecule has 3 rings (SSSR count). The molecule has 1 amide bonds. The zero-order valence-electron chi connectivity index (χ0n) is 13.3. The zero-order valence-corrected chi connectivity index (χ0v) is 13.3. The highest BCUT2D eigenvalue weighted by Crippen LogP contribution is 2.42. The van der Waals surface area contributed by atoms with E-state index in [1.807, 2.05) is 24.3 Å². The van der Waals surface area contributed by atoms with Gasteiger partial charge in [0.15, 0.2) is 0 Å². The van der Waals surface area contributed by atoms with Crippen LogP contribution in [0.4, 0.5) is 0 Å². The molecule has 0 aliphatic heterocycles. The van der Waals surface area contributed by atoms with Gasteiger partial charge in [0.25, 0.3) is 0 Å². The van der Waals surface area contributed by atoms with E-state index in [0.717, 1.165) is 37.0 Å². The van der Waals surface area contributed by atoms with Gasteiger partial charge in [-0.15, -0.1) is 0 Å². The number of hydrogen-bond acceptors (Lipinski definition) is 3. The van der Waals surface area contributed by atoms with E-state index in [2.05, 4.69) is 5.32 Å². The first-order chi connectivity index (χ1) is 10.7. The van der Waals surface area contributed by atoms with Gasteiger partial charge in [-0.05, 0) is 49.3 Å². The lowest BCUT2D eigenvalue weighted by Gasteiger charge is -2.29. The average Bonchev–Trinajstić information content (AvgIpc) is 3.29. The monoisotopic (exact) mass is 302 g/mol. The molecule has 2 fully saturated rings. The first-order valence-corrected chi connectivity index (χ1v) is 8.34. The van der Waals surface area contributed by atoms with Crippen LogP contribution in [0, 0.1) is 5.92 Å². The smallest absolute Gasteiger partial charge is 0.230 e. The van der Waals surface area contributed by atoms with E-state index >= 15 is 0 Å². The summed E-state index contributed by atoms with van der Waals surface area (Å²) in [6.07, 6.45) is 6.42. The van der Waals surface area contributed by atoms with Crippen LogP contribution in [0.2, 0.25) is 0 Å². The number of nitrogens with two attached hydrogens (primary N) is 1. The summed E-state index contributed by atoms with van der Waals surface area (Å²) in [5.74, 6) is 1.55. The molecule has 0 bridgehead atoms. The minimum Gasteiger partial charge on any atom is -0.497 e. The lowest BCUT2D eigenvalue weighted by atomic mass is 9.78. The van der Waals surface area contributed by atoms with Gasteiger partial charge in [-0.1, -0.05) is 25.0 Å². The number of carbonyl (C=O) groups is 1. The SMILES string of the molecule is COc1cccc(C2(C(=O)NCC(N)C3CC3)CCCC2)c1. The summed E-state index contributed by atoms with van der Waals surface area (Å²) in [6, 6.07) is 8.05. The van der Waals surface area contributed by atoms with Gasteiger partial charge >= 0.3 is 0 Å². The summed E-state index contributed by atoms with van der Waals surface area (Å²) in [4.78, 5) is 12.9. The number of hydrogen-bond donors (Lipinski definition) is 2. The molecular weight excluding hydrogens is 276 g/mol. The Morgan fingerprint density at radius 2 is 2.14 bits per heavy atom. The third kappa shape index (κ3) is 2.98. The summed E-state index contributed by atoms with van der Waals surface area (Å²) >= 11 is 0. The number of amides is 1. The largest absolute Gasteiger partial charge is 0.497 e. The summed E-state index contributed by atoms with van der Waals surface area (Å²) < 4.78 is 5.33. The minimum absolute atomic E-state index is 0.104. The molecule has 1 aromatic carbocycles. The fraction of sp³-hybridized carbons (Fsp3) is 0.611. The molecule has 2 aliphatic rings. The van der Waals surface area contributed by atoms with Crippen molar-refractivity contribution < 1.29 is 9.53 Å². The lowest BCUT2D eigenvalue weighted by Crippen LogP contribution is -2.47. The second-order valence-electron chi connectivity index (χ2n) is 6.73. The van der Waals surface area contributed by atoms with Crippen LogP contribution in [0.25, 0.3) is 0 Å². The highest BCUT2D eigenvalue weighted by atomic mass is 16.5. The molecule has 0 aromatic heterocycles. The Balaban J connectivity index is 1.76. The average molecular weight is 302 g/mol. The maximum absolute atomic E-state index is 12.9. The fourth-order valence-electron chi connectivity index (χ4n) is 3.62. The topological polar surface area (TPSA) is 64.3 Å². The van der Waals surface area contributed by atoms with Gasteiger partial charge in [0.05, 0.1) is 12.5 Å². The molecule has 0 radical (unpaired) electrons. The molecule has 2 saturated carbocycles. The summed E-state index contributed by atoms with van der Waals surface area (Å²) in [5.41, 5.74) is 6.78. The van der Waals surface area contributed by atoms with Crippen LogP contribution in [0.1, 0.15) is 44.1 Å². The van der Waals surface area contributed by atoms with Gasteiger partial charge in [-0.2, -0.15) is 0 Å². The van der Waals surface area contributed by atoms with Crippen LogP contribution >= 0.6 is 0 Å². The Morgan fingerprint density at radius 3 is 2.77 bits per heavy atom. The number of carbonyl (C=O) groups excluding carboxylic acids is 1. The van der Waals surface area contributed by atoms with E-state index in [1.165, 1.54) is 12.8 Å². The third-order valence-electron chi connectivity index (χ3n) is 5.24.